The van der Waals surface area contributed by atoms with Gasteiger partial charge in [-0.15, -0.1) is 0 Å². The lowest BCUT2D eigenvalue weighted by atomic mass is 9.83. The van der Waals surface area contributed by atoms with Gasteiger partial charge in [0.15, 0.2) is 12.6 Å². The molecule has 17 N–H and O–H groups in total. The van der Waals surface area contributed by atoms with Gasteiger partial charge in [0, 0.05) is 19.1 Å². The minimum atomic E-state index is -1.96. The summed E-state index contributed by atoms with van der Waals surface area (Å²) >= 11 is 0. The van der Waals surface area contributed by atoms with E-state index in [1.165, 1.54) is 14.0 Å². The van der Waals surface area contributed by atoms with Crippen molar-refractivity contribution >= 4 is 5.84 Å². The predicted octanol–water partition coefficient (Wildman–Crippen LogP) is -7.31. The van der Waals surface area contributed by atoms with Gasteiger partial charge in [-0.2, -0.15) is 0 Å². The average Bonchev–Trinajstić information content (AvgIpc) is 3.02. The number of amidine groups is 1. The first-order chi connectivity index (χ1) is 21.6. The fourth-order valence-corrected chi connectivity index (χ4v) is 6.02. The Morgan fingerprint density at radius 3 is 2.30 bits per heavy atom. The molecule has 3 rings (SSSR count). The maximum absolute atomic E-state index is 11.6. The van der Waals surface area contributed by atoms with E-state index < -0.39 is 110 Å². The van der Waals surface area contributed by atoms with E-state index in [1.54, 1.807) is 0 Å². The van der Waals surface area contributed by atoms with E-state index >= 15 is 0 Å². The summed E-state index contributed by atoms with van der Waals surface area (Å²) in [6.45, 7) is 0.435. The van der Waals surface area contributed by atoms with Crippen molar-refractivity contribution in [2.45, 2.75) is 123 Å². The Hall–Kier alpha value is -1.21. The lowest BCUT2D eigenvalue weighted by Crippen LogP contribution is -2.69. The molecule has 0 radical (unpaired) electrons. The molecule has 1 saturated carbocycles. The third-order valence-corrected chi connectivity index (χ3v) is 8.74. The van der Waals surface area contributed by atoms with Crippen LogP contribution in [0.3, 0.4) is 0 Å². The van der Waals surface area contributed by atoms with Gasteiger partial charge in [-0.3, -0.25) is 5.41 Å². The summed E-state index contributed by atoms with van der Waals surface area (Å²) in [4.78, 5) is 0. The Bertz CT molecular complexity index is 943. The van der Waals surface area contributed by atoms with E-state index in [9.17, 15) is 35.7 Å². The number of nitrogens with two attached hydrogens (primary N) is 2. The van der Waals surface area contributed by atoms with Gasteiger partial charge in [0.2, 0.25) is 0 Å². The number of aliphatic hydroxyl groups is 9. The van der Waals surface area contributed by atoms with Crippen LogP contribution in [0.2, 0.25) is 0 Å². The van der Waals surface area contributed by atoms with Crippen molar-refractivity contribution in [1.29, 1.82) is 5.41 Å². The Labute approximate surface area is 267 Å². The van der Waals surface area contributed by atoms with Crippen molar-refractivity contribution in [3.63, 3.8) is 0 Å². The topological polar surface area (TPSA) is 331 Å². The Morgan fingerprint density at radius 2 is 1.67 bits per heavy atom. The highest BCUT2D eigenvalue weighted by Gasteiger charge is 2.52. The predicted molar refractivity (Wildman–Crippen MR) is 159 cm³/mol. The van der Waals surface area contributed by atoms with E-state index in [2.05, 4.69) is 16.0 Å². The number of nitrogens with one attached hydrogen (secondary N) is 4. The number of likely N-dealkylation sites (N-methyl/N-ethyl adjacent to an activating group) is 1. The molecular formula is C27H54N6O13. The third-order valence-electron chi connectivity index (χ3n) is 8.74. The molecule has 270 valence electrons. The minimum Gasteiger partial charge on any atom is -0.394 e. The van der Waals surface area contributed by atoms with Crippen molar-refractivity contribution in [1.82, 2.24) is 16.0 Å². The summed E-state index contributed by atoms with van der Waals surface area (Å²) in [6.07, 6.45) is -13.7. The Balaban J connectivity index is 1.79. The Kier molecular flexibility index (Phi) is 14.9. The van der Waals surface area contributed by atoms with E-state index in [-0.39, 0.29) is 25.7 Å². The average molecular weight is 671 g/mol. The zero-order chi connectivity index (χ0) is 34.3. The monoisotopic (exact) mass is 670 g/mol. The van der Waals surface area contributed by atoms with Crippen LogP contribution < -0.4 is 27.4 Å². The zero-order valence-corrected chi connectivity index (χ0v) is 26.1. The minimum absolute atomic E-state index is 0.0396. The van der Waals surface area contributed by atoms with Crippen LogP contribution in [0.1, 0.15) is 26.2 Å². The molecule has 16 atom stereocenters. The summed E-state index contributed by atoms with van der Waals surface area (Å²) in [5.74, 6) is -0.669. The third kappa shape index (κ3) is 9.70. The highest BCUT2D eigenvalue weighted by atomic mass is 16.7. The second-order valence-corrected chi connectivity index (χ2v) is 12.6. The number of aliphatic hydroxyl groups excluding tert-OH is 8. The standard InChI is InChI=1S/C27H54N6O13/c1-27(42)10-43-26(20(41)23(27)31-2)46-22-15(33-24(30)18(39)17(38)16(37)9-35)5-14(29)21(19(22)40)45-25-13(28)4-3-12(44-25)7-32-6-11(36)8-34/h11-23,25-26,31-32,34-42H,3-10,28-29H2,1-2H3,(H2,30,33)/t11?,12-,13?,14-,15+,16?,17?,18?,19?,20?,21?,22?,23+,25+,26+,27?/m0/s1. The van der Waals surface area contributed by atoms with Crippen LogP contribution in [0, 0.1) is 5.41 Å². The van der Waals surface area contributed by atoms with Gasteiger partial charge in [0.1, 0.15) is 54.2 Å². The van der Waals surface area contributed by atoms with Crippen LogP contribution in [0.4, 0.5) is 0 Å². The van der Waals surface area contributed by atoms with Gasteiger partial charge in [0.25, 0.3) is 0 Å². The molecule has 46 heavy (non-hydrogen) atoms. The van der Waals surface area contributed by atoms with Crippen LogP contribution in [0.15, 0.2) is 0 Å². The van der Waals surface area contributed by atoms with Crippen LogP contribution in [0.25, 0.3) is 0 Å². The van der Waals surface area contributed by atoms with Crippen LogP contribution in [0.5, 0.6) is 0 Å². The maximum Gasteiger partial charge on any atom is 0.185 e. The van der Waals surface area contributed by atoms with Crippen molar-refractivity contribution < 1.29 is 64.9 Å². The van der Waals surface area contributed by atoms with E-state index in [1.807, 2.05) is 0 Å². The fraction of sp³-hybridized carbons (Fsp3) is 0.963. The van der Waals surface area contributed by atoms with Gasteiger partial charge in [-0.25, -0.2) is 0 Å². The first kappa shape index (κ1) is 39.2. The van der Waals surface area contributed by atoms with Gasteiger partial charge in [-0.1, -0.05) is 0 Å². The molecule has 0 bridgehead atoms. The molecule has 19 nitrogen and oxygen atoms in total. The largest absolute Gasteiger partial charge is 0.394 e. The zero-order valence-electron chi connectivity index (χ0n) is 26.1. The normalized spacial score (nSPS) is 41.4. The molecule has 0 aromatic rings. The fourth-order valence-electron chi connectivity index (χ4n) is 6.02. The second kappa shape index (κ2) is 17.4. The van der Waals surface area contributed by atoms with E-state index in [0.29, 0.717) is 19.4 Å². The van der Waals surface area contributed by atoms with Gasteiger partial charge >= 0.3 is 0 Å². The summed E-state index contributed by atoms with van der Waals surface area (Å²) in [6, 6.07) is -3.42. The lowest BCUT2D eigenvalue weighted by molar-refractivity contribution is -0.307. The summed E-state index contributed by atoms with van der Waals surface area (Å²) in [5, 5.41) is 108. The molecule has 2 saturated heterocycles. The van der Waals surface area contributed by atoms with Crippen LogP contribution in [-0.4, -0.2) is 189 Å². The van der Waals surface area contributed by atoms with E-state index in [4.69, 9.17) is 46.0 Å². The molecule has 0 aromatic heterocycles. The number of ether oxygens (including phenoxy) is 4. The first-order valence-electron chi connectivity index (χ1n) is 15.5. The van der Waals surface area contributed by atoms with E-state index in [0.717, 1.165) is 0 Å². The molecule has 3 aliphatic rings. The summed E-state index contributed by atoms with van der Waals surface area (Å²) < 4.78 is 23.9. The Morgan fingerprint density at radius 1 is 1.00 bits per heavy atom. The lowest BCUT2D eigenvalue weighted by Gasteiger charge is -2.49. The van der Waals surface area contributed by atoms with Gasteiger partial charge in [-0.05, 0) is 33.2 Å². The molecule has 0 spiro atoms. The van der Waals surface area contributed by atoms with Crippen molar-refractivity contribution in [3.8, 4) is 0 Å². The van der Waals surface area contributed by atoms with Gasteiger partial charge < -0.3 is 92.3 Å². The van der Waals surface area contributed by atoms with Crippen LogP contribution in [-0.2, 0) is 18.9 Å². The van der Waals surface area contributed by atoms with Crippen LogP contribution >= 0.6 is 0 Å². The van der Waals surface area contributed by atoms with Crippen molar-refractivity contribution in [2.24, 2.45) is 11.5 Å². The number of hydrogen-bond donors (Lipinski definition) is 15. The highest BCUT2D eigenvalue weighted by molar-refractivity contribution is 5.84. The number of rotatable bonds is 15. The maximum atomic E-state index is 11.6. The molecule has 1 aliphatic carbocycles. The highest BCUT2D eigenvalue weighted by Crippen LogP contribution is 2.32. The molecule has 3 fully saturated rings. The second-order valence-electron chi connectivity index (χ2n) is 12.6. The van der Waals surface area contributed by atoms with Crippen molar-refractivity contribution in [3.05, 3.63) is 0 Å². The molecular weight excluding hydrogens is 616 g/mol. The molecule has 2 aliphatic heterocycles. The van der Waals surface area contributed by atoms with Gasteiger partial charge in [0.05, 0.1) is 50.2 Å². The smallest absolute Gasteiger partial charge is 0.185 e. The quantitative estimate of drug-likeness (QED) is 0.0568. The first-order valence-corrected chi connectivity index (χ1v) is 15.5. The molecule has 10 unspecified atom stereocenters. The number of hydrogen-bond acceptors (Lipinski definition) is 18. The molecule has 2 heterocycles. The molecule has 19 heteroatoms. The SMILES string of the molecule is CN[C@@H]1C(O)[C@@H](OC2C(O)C(O[C@H]3O[C@H](CNCC(O)CO)CCC3N)[C@@H](N)C[C@H]2NC(=N)C(O)C(O)C(O)CO)OCC1(C)O. The summed E-state index contributed by atoms with van der Waals surface area (Å²) in [5.41, 5.74) is 11.3. The molecule has 0 amide bonds. The van der Waals surface area contributed by atoms with Crippen molar-refractivity contribution in [2.75, 3.05) is 40.0 Å². The molecule has 0 aromatic carbocycles. The summed E-state index contributed by atoms with van der Waals surface area (Å²) in [7, 11) is 1.53.